The molecule has 20 heavy (non-hydrogen) atoms. The van der Waals surface area contributed by atoms with Gasteiger partial charge in [0.25, 0.3) is 10.0 Å². The highest BCUT2D eigenvalue weighted by Crippen LogP contribution is 2.22. The van der Waals surface area contributed by atoms with Crippen molar-refractivity contribution in [2.45, 2.75) is 25.7 Å². The lowest BCUT2D eigenvalue weighted by Crippen LogP contribution is -2.14. The van der Waals surface area contributed by atoms with Gasteiger partial charge < -0.3 is 5.73 Å². The van der Waals surface area contributed by atoms with Crippen molar-refractivity contribution in [2.24, 2.45) is 0 Å². The van der Waals surface area contributed by atoms with Gasteiger partial charge >= 0.3 is 0 Å². The maximum atomic E-state index is 12.4. The number of hydrogen-bond donors (Lipinski definition) is 2. The van der Waals surface area contributed by atoms with Gasteiger partial charge in [-0.3, -0.25) is 4.72 Å². The number of rotatable bonds is 3. The van der Waals surface area contributed by atoms with Gasteiger partial charge in [-0.25, -0.2) is 8.42 Å². The summed E-state index contributed by atoms with van der Waals surface area (Å²) in [4.78, 5) is 0.204. The molecule has 0 saturated heterocycles. The minimum Gasteiger partial charge on any atom is -0.399 e. The van der Waals surface area contributed by atoms with E-state index in [0.717, 1.165) is 11.1 Å². The summed E-state index contributed by atoms with van der Waals surface area (Å²) < 4.78 is 27.4. The van der Waals surface area contributed by atoms with Crippen molar-refractivity contribution in [3.05, 3.63) is 53.1 Å². The van der Waals surface area contributed by atoms with Crippen LogP contribution in [-0.2, 0) is 10.0 Å². The van der Waals surface area contributed by atoms with Crippen LogP contribution in [0.25, 0.3) is 0 Å². The number of hydrogen-bond acceptors (Lipinski definition) is 3. The molecule has 5 heteroatoms. The van der Waals surface area contributed by atoms with Crippen LogP contribution in [0.3, 0.4) is 0 Å². The molecule has 4 nitrogen and oxygen atoms in total. The molecule has 0 aliphatic carbocycles. The van der Waals surface area contributed by atoms with E-state index in [1.165, 1.54) is 6.07 Å². The van der Waals surface area contributed by atoms with Crippen molar-refractivity contribution in [2.75, 3.05) is 10.5 Å². The van der Waals surface area contributed by atoms with Crippen LogP contribution in [0.4, 0.5) is 11.4 Å². The molecule has 0 aliphatic heterocycles. The van der Waals surface area contributed by atoms with Gasteiger partial charge in [-0.15, -0.1) is 0 Å². The van der Waals surface area contributed by atoms with Gasteiger partial charge in [-0.05, 0) is 61.7 Å². The lowest BCUT2D eigenvalue weighted by Gasteiger charge is -2.12. The summed E-state index contributed by atoms with van der Waals surface area (Å²) in [7, 11) is -3.63. The Morgan fingerprint density at radius 2 is 1.55 bits per heavy atom. The van der Waals surface area contributed by atoms with E-state index >= 15 is 0 Å². The minimum atomic E-state index is -3.63. The SMILES string of the molecule is Cc1ccc(NS(=O)(=O)c2cc(N)ccc2C)cc1C. The zero-order chi connectivity index (χ0) is 14.9. The molecule has 0 spiro atoms. The van der Waals surface area contributed by atoms with Gasteiger partial charge in [0.2, 0.25) is 0 Å². The first-order valence-corrected chi connectivity index (χ1v) is 7.74. The third-order valence-electron chi connectivity index (χ3n) is 3.26. The van der Waals surface area contributed by atoms with Crippen LogP contribution in [0.15, 0.2) is 41.3 Å². The molecule has 0 radical (unpaired) electrons. The average molecular weight is 290 g/mol. The second-order valence-corrected chi connectivity index (χ2v) is 6.58. The van der Waals surface area contributed by atoms with Gasteiger partial charge in [-0.1, -0.05) is 12.1 Å². The predicted molar refractivity (Wildman–Crippen MR) is 82.3 cm³/mol. The highest BCUT2D eigenvalue weighted by Gasteiger charge is 2.17. The molecule has 0 heterocycles. The van der Waals surface area contributed by atoms with Gasteiger partial charge in [0.05, 0.1) is 4.90 Å². The number of nitrogen functional groups attached to an aromatic ring is 1. The average Bonchev–Trinajstić information content (AvgIpc) is 2.36. The van der Waals surface area contributed by atoms with E-state index in [2.05, 4.69) is 4.72 Å². The summed E-state index contributed by atoms with van der Waals surface area (Å²) in [6.07, 6.45) is 0. The Labute approximate surface area is 119 Å². The first-order valence-electron chi connectivity index (χ1n) is 6.26. The van der Waals surface area contributed by atoms with E-state index in [1.54, 1.807) is 25.1 Å². The first-order chi connectivity index (χ1) is 9.29. The molecule has 0 aromatic heterocycles. The molecule has 2 aromatic rings. The fraction of sp³-hybridized carbons (Fsp3) is 0.200. The first kappa shape index (κ1) is 14.4. The Kier molecular flexibility index (Phi) is 3.72. The topological polar surface area (TPSA) is 72.2 Å². The van der Waals surface area contributed by atoms with E-state index in [-0.39, 0.29) is 4.90 Å². The summed E-state index contributed by atoms with van der Waals surface area (Å²) in [6.45, 7) is 5.67. The monoisotopic (exact) mass is 290 g/mol. The van der Waals surface area contributed by atoms with Gasteiger partial charge in [-0.2, -0.15) is 0 Å². The van der Waals surface area contributed by atoms with Gasteiger partial charge in [0, 0.05) is 11.4 Å². The Hall–Kier alpha value is -2.01. The van der Waals surface area contributed by atoms with Crippen LogP contribution >= 0.6 is 0 Å². The van der Waals surface area contributed by atoms with Gasteiger partial charge in [0.1, 0.15) is 0 Å². The van der Waals surface area contributed by atoms with Crippen LogP contribution in [0.5, 0.6) is 0 Å². The summed E-state index contributed by atoms with van der Waals surface area (Å²) in [5.41, 5.74) is 9.46. The van der Waals surface area contributed by atoms with E-state index < -0.39 is 10.0 Å². The predicted octanol–water partition coefficient (Wildman–Crippen LogP) is 2.99. The molecule has 0 atom stereocenters. The second-order valence-electron chi connectivity index (χ2n) is 4.93. The zero-order valence-electron chi connectivity index (χ0n) is 11.8. The number of anilines is 2. The van der Waals surface area contributed by atoms with E-state index in [0.29, 0.717) is 16.9 Å². The highest BCUT2D eigenvalue weighted by atomic mass is 32.2. The summed E-state index contributed by atoms with van der Waals surface area (Å²) in [6, 6.07) is 10.3. The Morgan fingerprint density at radius 3 is 2.20 bits per heavy atom. The molecule has 106 valence electrons. The molecule has 2 rings (SSSR count). The van der Waals surface area contributed by atoms with Crippen molar-refractivity contribution >= 4 is 21.4 Å². The van der Waals surface area contributed by atoms with Crippen molar-refractivity contribution in [3.8, 4) is 0 Å². The molecule has 2 aromatic carbocycles. The molecular weight excluding hydrogens is 272 g/mol. The molecule has 0 bridgehead atoms. The van der Waals surface area contributed by atoms with Crippen LogP contribution in [-0.4, -0.2) is 8.42 Å². The van der Waals surface area contributed by atoms with Crippen molar-refractivity contribution in [1.29, 1.82) is 0 Å². The molecule has 0 aliphatic rings. The maximum Gasteiger partial charge on any atom is 0.262 e. The van der Waals surface area contributed by atoms with Gasteiger partial charge in [0.15, 0.2) is 0 Å². The smallest absolute Gasteiger partial charge is 0.262 e. The molecule has 0 amide bonds. The molecule has 0 unspecified atom stereocenters. The number of nitrogens with two attached hydrogens (primary N) is 1. The lowest BCUT2D eigenvalue weighted by molar-refractivity contribution is 0.600. The third kappa shape index (κ3) is 2.93. The van der Waals surface area contributed by atoms with Crippen LogP contribution in [0, 0.1) is 20.8 Å². The summed E-state index contributed by atoms with van der Waals surface area (Å²) in [5, 5.41) is 0. The highest BCUT2D eigenvalue weighted by molar-refractivity contribution is 7.92. The quantitative estimate of drug-likeness (QED) is 0.854. The van der Waals surface area contributed by atoms with Crippen molar-refractivity contribution in [3.63, 3.8) is 0 Å². The molecular formula is C15H18N2O2S. The van der Waals surface area contributed by atoms with Crippen LogP contribution in [0.1, 0.15) is 16.7 Å². The maximum absolute atomic E-state index is 12.4. The molecule has 0 fully saturated rings. The normalized spacial score (nSPS) is 11.3. The number of nitrogens with one attached hydrogen (secondary N) is 1. The minimum absolute atomic E-state index is 0.204. The van der Waals surface area contributed by atoms with Crippen molar-refractivity contribution in [1.82, 2.24) is 0 Å². The molecule has 0 saturated carbocycles. The second kappa shape index (κ2) is 5.17. The zero-order valence-corrected chi connectivity index (χ0v) is 12.6. The number of aryl methyl sites for hydroxylation is 3. The summed E-state index contributed by atoms with van der Waals surface area (Å²) >= 11 is 0. The van der Waals surface area contributed by atoms with E-state index in [1.807, 2.05) is 26.0 Å². The fourth-order valence-electron chi connectivity index (χ4n) is 1.92. The standard InChI is InChI=1S/C15H18N2O2S/c1-10-5-7-14(8-12(10)3)17-20(18,19)15-9-13(16)6-4-11(15)2/h4-9,17H,16H2,1-3H3. The van der Waals surface area contributed by atoms with Crippen molar-refractivity contribution < 1.29 is 8.42 Å². The lowest BCUT2D eigenvalue weighted by atomic mass is 10.1. The van der Waals surface area contributed by atoms with E-state index in [4.69, 9.17) is 5.73 Å². The van der Waals surface area contributed by atoms with E-state index in [9.17, 15) is 8.42 Å². The number of benzene rings is 2. The van der Waals surface area contributed by atoms with Crippen LogP contribution < -0.4 is 10.5 Å². The third-order valence-corrected chi connectivity index (χ3v) is 4.78. The Morgan fingerprint density at radius 1 is 0.900 bits per heavy atom. The largest absolute Gasteiger partial charge is 0.399 e. The molecule has 3 N–H and O–H groups in total. The van der Waals surface area contributed by atoms with Crippen LogP contribution in [0.2, 0.25) is 0 Å². The Balaban J connectivity index is 2.40. The number of sulfonamides is 1. The fourth-order valence-corrected chi connectivity index (χ4v) is 3.25. The summed E-state index contributed by atoms with van der Waals surface area (Å²) in [5.74, 6) is 0. The Bertz CT molecular complexity index is 752.